The van der Waals surface area contributed by atoms with Gasteiger partial charge in [0.1, 0.15) is 17.5 Å². The third-order valence-corrected chi connectivity index (χ3v) is 6.18. The van der Waals surface area contributed by atoms with Crippen molar-refractivity contribution in [2.24, 2.45) is 15.7 Å². The summed E-state index contributed by atoms with van der Waals surface area (Å²) in [5, 5.41) is 11.9. The maximum absolute atomic E-state index is 14.4. The second-order valence-electron chi connectivity index (χ2n) is 8.71. The van der Waals surface area contributed by atoms with Gasteiger partial charge in [-0.15, -0.1) is 0 Å². The van der Waals surface area contributed by atoms with E-state index in [0.29, 0.717) is 5.56 Å². The van der Waals surface area contributed by atoms with Crippen molar-refractivity contribution in [2.45, 2.75) is 31.4 Å². The fraction of sp³-hybridized carbons (Fsp3) is 0.435. The van der Waals surface area contributed by atoms with Crippen LogP contribution in [0.5, 0.6) is 5.75 Å². The first-order valence-corrected chi connectivity index (χ1v) is 11.0. The van der Waals surface area contributed by atoms with Gasteiger partial charge in [0.05, 0.1) is 17.7 Å². The summed E-state index contributed by atoms with van der Waals surface area (Å²) >= 11 is 0. The van der Waals surface area contributed by atoms with Gasteiger partial charge in [-0.1, -0.05) is 0 Å². The molecule has 2 aliphatic heterocycles. The summed E-state index contributed by atoms with van der Waals surface area (Å²) in [6.45, 7) is 5.07. The molecule has 4 rings (SSSR count). The van der Waals surface area contributed by atoms with E-state index in [1.165, 1.54) is 12.1 Å². The minimum Gasteiger partial charge on any atom is -0.484 e. The molecule has 1 atom stereocenters. The van der Waals surface area contributed by atoms with Gasteiger partial charge in [0.25, 0.3) is 0 Å². The van der Waals surface area contributed by atoms with Crippen molar-refractivity contribution in [1.82, 2.24) is 15.1 Å². The van der Waals surface area contributed by atoms with Crippen molar-refractivity contribution in [3.05, 3.63) is 47.3 Å². The van der Waals surface area contributed by atoms with Gasteiger partial charge in [0.2, 0.25) is 0 Å². The number of nitrogen functional groups attached to an aromatic ring is 1. The van der Waals surface area contributed by atoms with Crippen molar-refractivity contribution in [3.8, 4) is 5.75 Å². The average molecular weight is 455 g/mol. The van der Waals surface area contributed by atoms with Crippen LogP contribution in [0.2, 0.25) is 0 Å². The molecule has 1 aliphatic carbocycles. The predicted molar refractivity (Wildman–Crippen MR) is 129 cm³/mol. The van der Waals surface area contributed by atoms with E-state index in [1.807, 2.05) is 13.0 Å². The average Bonchev–Trinajstić information content (AvgIpc) is 3.55. The van der Waals surface area contributed by atoms with Crippen molar-refractivity contribution < 1.29 is 9.13 Å². The number of nitrogens with two attached hydrogens (primary N) is 2. The molecule has 1 aromatic rings. The summed E-state index contributed by atoms with van der Waals surface area (Å²) in [7, 11) is 1.72. The smallest absolute Gasteiger partial charge is 0.167 e. The second-order valence-corrected chi connectivity index (χ2v) is 8.71. The van der Waals surface area contributed by atoms with Crippen LogP contribution >= 0.6 is 0 Å². The Balaban J connectivity index is 1.47. The molecule has 0 radical (unpaired) electrons. The minimum absolute atomic E-state index is 0.126. The molecule has 2 heterocycles. The molecule has 2 fully saturated rings. The zero-order valence-electron chi connectivity index (χ0n) is 19.0. The van der Waals surface area contributed by atoms with Crippen LogP contribution in [-0.4, -0.2) is 72.9 Å². The molecule has 1 aromatic carbocycles. The number of nitrogens with one attached hydrogen (secondary N) is 2. The highest BCUT2D eigenvalue weighted by Gasteiger charge is 2.41. The first-order chi connectivity index (χ1) is 15.8. The molecule has 33 heavy (non-hydrogen) atoms. The van der Waals surface area contributed by atoms with E-state index < -0.39 is 11.9 Å². The Bertz CT molecular complexity index is 1040. The maximum Gasteiger partial charge on any atom is 0.167 e. The number of rotatable bonds is 7. The number of aliphatic imine (C=N–C) groups is 2. The summed E-state index contributed by atoms with van der Waals surface area (Å²) in [5.41, 5.74) is 13.2. The Labute approximate surface area is 193 Å². The molecule has 1 saturated heterocycles. The van der Waals surface area contributed by atoms with E-state index in [9.17, 15) is 4.39 Å². The van der Waals surface area contributed by atoms with E-state index in [4.69, 9.17) is 21.6 Å². The molecule has 0 spiro atoms. The third kappa shape index (κ3) is 4.94. The zero-order chi connectivity index (χ0) is 23.6. The van der Waals surface area contributed by atoms with E-state index in [2.05, 4.69) is 25.1 Å². The maximum atomic E-state index is 14.4. The minimum atomic E-state index is -0.539. The van der Waals surface area contributed by atoms with Crippen molar-refractivity contribution in [1.29, 1.82) is 5.41 Å². The Morgan fingerprint density at radius 1 is 1.33 bits per heavy atom. The summed E-state index contributed by atoms with van der Waals surface area (Å²) in [6, 6.07) is 2.21. The van der Waals surface area contributed by atoms with Gasteiger partial charge in [-0.25, -0.2) is 4.39 Å². The first kappa shape index (κ1) is 22.6. The molecular weight excluding hydrogens is 423 g/mol. The van der Waals surface area contributed by atoms with Crippen LogP contribution in [0, 0.1) is 11.2 Å². The number of piperazine rings is 1. The lowest BCUT2D eigenvalue weighted by Gasteiger charge is -2.39. The molecule has 0 bridgehead atoms. The molecular formula is C23H31FN8O. The second kappa shape index (κ2) is 9.13. The third-order valence-electron chi connectivity index (χ3n) is 6.18. The molecule has 0 amide bonds. The molecule has 176 valence electrons. The van der Waals surface area contributed by atoms with E-state index in [0.717, 1.165) is 50.5 Å². The fourth-order valence-corrected chi connectivity index (χ4v) is 3.93. The molecule has 0 aromatic heterocycles. The van der Waals surface area contributed by atoms with Gasteiger partial charge in [-0.3, -0.25) is 9.98 Å². The molecule has 3 aliphatic rings. The Morgan fingerprint density at radius 3 is 2.70 bits per heavy atom. The monoisotopic (exact) mass is 454 g/mol. The molecule has 10 heteroatoms. The molecule has 1 unspecified atom stereocenters. The van der Waals surface area contributed by atoms with Crippen molar-refractivity contribution >= 4 is 24.0 Å². The van der Waals surface area contributed by atoms with Crippen LogP contribution in [-0.2, 0) is 0 Å². The topological polar surface area (TPSA) is 128 Å². The number of hydrogen-bond acceptors (Lipinski definition) is 9. The quantitative estimate of drug-likeness (QED) is 0.366. The van der Waals surface area contributed by atoms with Crippen molar-refractivity contribution in [3.63, 3.8) is 0 Å². The molecule has 1 saturated carbocycles. The number of halogens is 1. The summed E-state index contributed by atoms with van der Waals surface area (Å²) in [5.74, 6) is 0.491. The fourth-order valence-electron chi connectivity index (χ4n) is 3.93. The van der Waals surface area contributed by atoms with Gasteiger partial charge < -0.3 is 36.7 Å². The SMILES string of the molecule is CN=CC(=CN)N1CCN(C2=CC(C(=N)c3cc(OC4(C)CC4)c(F)cc3N)N=CN2)CC1. The van der Waals surface area contributed by atoms with Gasteiger partial charge in [-0.2, -0.15) is 0 Å². The molecule has 9 nitrogen and oxygen atoms in total. The van der Waals surface area contributed by atoms with Gasteiger partial charge in [-0.05, 0) is 31.9 Å². The Morgan fingerprint density at radius 2 is 2.06 bits per heavy atom. The highest BCUT2D eigenvalue weighted by atomic mass is 19.1. The standard InChI is InChI=1S/C23H31FN8O/c1-23(3-4-23)33-20-9-16(18(26)10-17(20)24)22(27)19-11-21(30-14-29-19)32-7-5-31(6-8-32)15(12-25)13-28-2/h9-14,19,27H,3-8,25-26H2,1-2H3,(H,29,30). The van der Waals surface area contributed by atoms with Crippen LogP contribution in [0.1, 0.15) is 25.3 Å². The van der Waals surface area contributed by atoms with Crippen LogP contribution in [0.4, 0.5) is 10.1 Å². The van der Waals surface area contributed by atoms with E-state index >= 15 is 0 Å². The lowest BCUT2D eigenvalue weighted by atomic mass is 10.00. The summed E-state index contributed by atoms with van der Waals surface area (Å²) in [4.78, 5) is 12.8. The molecule has 6 N–H and O–H groups in total. The largest absolute Gasteiger partial charge is 0.484 e. The van der Waals surface area contributed by atoms with E-state index in [1.54, 1.807) is 25.8 Å². The zero-order valence-corrected chi connectivity index (χ0v) is 19.0. The number of nitrogens with zero attached hydrogens (tertiary/aromatic N) is 4. The Kier molecular flexibility index (Phi) is 6.26. The lowest BCUT2D eigenvalue weighted by Crippen LogP contribution is -2.48. The number of allylic oxidation sites excluding steroid dienone is 1. The van der Waals surface area contributed by atoms with Gasteiger partial charge in [0, 0.05) is 63.0 Å². The summed E-state index contributed by atoms with van der Waals surface area (Å²) in [6.07, 6.45) is 8.59. The number of hydrogen-bond donors (Lipinski definition) is 4. The van der Waals surface area contributed by atoms with Crippen LogP contribution < -0.4 is 21.5 Å². The highest BCUT2D eigenvalue weighted by molar-refractivity contribution is 6.08. The Hall–Kier alpha value is -3.56. The predicted octanol–water partition coefficient (Wildman–Crippen LogP) is 1.67. The number of anilines is 1. The van der Waals surface area contributed by atoms with Gasteiger partial charge in [0.15, 0.2) is 11.6 Å². The van der Waals surface area contributed by atoms with E-state index in [-0.39, 0.29) is 22.7 Å². The van der Waals surface area contributed by atoms with Crippen LogP contribution in [0.25, 0.3) is 0 Å². The van der Waals surface area contributed by atoms with Crippen molar-refractivity contribution in [2.75, 3.05) is 39.0 Å². The highest BCUT2D eigenvalue weighted by Crippen LogP contribution is 2.41. The van der Waals surface area contributed by atoms with Crippen LogP contribution in [0.3, 0.4) is 0 Å². The van der Waals surface area contributed by atoms with Crippen LogP contribution in [0.15, 0.2) is 45.9 Å². The number of ether oxygens (including phenoxy) is 1. The first-order valence-electron chi connectivity index (χ1n) is 11.0. The van der Waals surface area contributed by atoms with Gasteiger partial charge >= 0.3 is 0 Å². The number of benzene rings is 1. The normalized spacial score (nSPS) is 22.2. The lowest BCUT2D eigenvalue weighted by molar-refractivity contribution is 0.191. The summed E-state index contributed by atoms with van der Waals surface area (Å²) < 4.78 is 20.2.